The quantitative estimate of drug-likeness (QED) is 0.702. The lowest BCUT2D eigenvalue weighted by atomic mass is 10.2. The van der Waals surface area contributed by atoms with Gasteiger partial charge in [0, 0.05) is 32.1 Å². The Morgan fingerprint density at radius 1 is 1.35 bits per heavy atom. The Morgan fingerprint density at radius 2 is 2.09 bits per heavy atom. The lowest BCUT2D eigenvalue weighted by Gasteiger charge is -2.22. The number of hydrogen-bond acceptors (Lipinski definition) is 2. The molecular formula is C18H21FN2O2. The molecule has 2 rings (SSSR count). The topological polar surface area (TPSA) is 34.5 Å². The number of methoxy groups -OCH3 is 1. The van der Waals surface area contributed by atoms with Crippen molar-refractivity contribution in [2.75, 3.05) is 20.3 Å². The van der Waals surface area contributed by atoms with Crippen LogP contribution < -0.4 is 0 Å². The Hall–Kier alpha value is -2.40. The predicted molar refractivity (Wildman–Crippen MR) is 87.4 cm³/mol. The fourth-order valence-electron chi connectivity index (χ4n) is 2.35. The van der Waals surface area contributed by atoms with E-state index in [1.165, 1.54) is 19.2 Å². The van der Waals surface area contributed by atoms with E-state index in [1.807, 2.05) is 22.9 Å². The lowest BCUT2D eigenvalue weighted by Crippen LogP contribution is -2.34. The molecule has 1 aromatic carbocycles. The van der Waals surface area contributed by atoms with Gasteiger partial charge >= 0.3 is 0 Å². The van der Waals surface area contributed by atoms with Crippen LogP contribution in [0.3, 0.4) is 0 Å². The predicted octanol–water partition coefficient (Wildman–Crippen LogP) is 2.84. The first-order chi connectivity index (χ1) is 11.1. The Balaban J connectivity index is 2.10. The smallest absolute Gasteiger partial charge is 0.249 e. The van der Waals surface area contributed by atoms with E-state index in [9.17, 15) is 9.18 Å². The molecule has 1 aromatic heterocycles. The maximum Gasteiger partial charge on any atom is 0.249 e. The summed E-state index contributed by atoms with van der Waals surface area (Å²) in [6.45, 7) is 5.31. The third kappa shape index (κ3) is 4.79. The Morgan fingerprint density at radius 3 is 2.74 bits per heavy atom. The highest BCUT2D eigenvalue weighted by atomic mass is 19.1. The number of nitrogens with zero attached hydrogens (tertiary/aromatic N) is 2. The van der Waals surface area contributed by atoms with Crippen molar-refractivity contribution in [1.29, 1.82) is 0 Å². The first-order valence-corrected chi connectivity index (χ1v) is 7.40. The molecule has 122 valence electrons. The third-order valence-corrected chi connectivity index (χ3v) is 3.51. The molecule has 0 fully saturated rings. The second-order valence-electron chi connectivity index (χ2n) is 5.25. The summed E-state index contributed by atoms with van der Waals surface area (Å²) in [6, 6.07) is 10.3. The summed E-state index contributed by atoms with van der Waals surface area (Å²) in [5.74, 6) is -0.328. The van der Waals surface area contributed by atoms with Crippen LogP contribution in [0.5, 0.6) is 0 Å². The van der Waals surface area contributed by atoms with Gasteiger partial charge in [-0.2, -0.15) is 0 Å². The number of hydrogen-bond donors (Lipinski definition) is 0. The summed E-state index contributed by atoms with van der Waals surface area (Å²) >= 11 is 0. The molecular weight excluding hydrogens is 295 g/mol. The van der Waals surface area contributed by atoms with Gasteiger partial charge < -0.3 is 14.2 Å². The highest BCUT2D eigenvalue weighted by Gasteiger charge is 2.14. The molecule has 0 saturated carbocycles. The normalized spacial score (nSPS) is 10.5. The van der Waals surface area contributed by atoms with E-state index in [2.05, 4.69) is 6.58 Å². The molecule has 5 heteroatoms. The lowest BCUT2D eigenvalue weighted by molar-refractivity contribution is -0.135. The van der Waals surface area contributed by atoms with Gasteiger partial charge in [-0.3, -0.25) is 4.79 Å². The van der Waals surface area contributed by atoms with Crippen LogP contribution in [0.25, 0.3) is 0 Å². The Labute approximate surface area is 135 Å². The highest BCUT2D eigenvalue weighted by molar-refractivity contribution is 5.77. The van der Waals surface area contributed by atoms with Gasteiger partial charge in [0.1, 0.15) is 12.4 Å². The summed E-state index contributed by atoms with van der Waals surface area (Å²) in [4.78, 5) is 13.8. The number of amides is 1. The van der Waals surface area contributed by atoms with Crippen molar-refractivity contribution in [2.45, 2.75) is 13.1 Å². The first kappa shape index (κ1) is 17.0. The number of carbonyl (C=O) groups is 1. The molecule has 0 aliphatic rings. The average Bonchev–Trinajstić information content (AvgIpc) is 2.96. The van der Waals surface area contributed by atoms with Crippen molar-refractivity contribution >= 4 is 5.91 Å². The fourth-order valence-corrected chi connectivity index (χ4v) is 2.35. The van der Waals surface area contributed by atoms with Gasteiger partial charge in [-0.05, 0) is 29.8 Å². The van der Waals surface area contributed by atoms with Gasteiger partial charge in [0.2, 0.25) is 5.91 Å². The minimum absolute atomic E-state index is 0.0481. The minimum Gasteiger partial charge on any atom is -0.375 e. The maximum atomic E-state index is 13.0. The van der Waals surface area contributed by atoms with Crippen molar-refractivity contribution < 1.29 is 13.9 Å². The van der Waals surface area contributed by atoms with Crippen molar-refractivity contribution in [2.24, 2.45) is 0 Å². The van der Waals surface area contributed by atoms with Crippen LogP contribution in [-0.2, 0) is 22.6 Å². The molecule has 23 heavy (non-hydrogen) atoms. The van der Waals surface area contributed by atoms with Crippen LogP contribution >= 0.6 is 0 Å². The van der Waals surface area contributed by atoms with Gasteiger partial charge in [0.25, 0.3) is 0 Å². The van der Waals surface area contributed by atoms with E-state index >= 15 is 0 Å². The molecule has 0 bridgehead atoms. The zero-order valence-electron chi connectivity index (χ0n) is 13.2. The molecule has 0 aliphatic heterocycles. The van der Waals surface area contributed by atoms with Crippen molar-refractivity contribution in [1.82, 2.24) is 9.47 Å². The summed E-state index contributed by atoms with van der Waals surface area (Å²) in [5, 5.41) is 0. The van der Waals surface area contributed by atoms with Gasteiger partial charge in [0.15, 0.2) is 0 Å². The van der Waals surface area contributed by atoms with E-state index in [1.54, 1.807) is 23.1 Å². The molecule has 0 unspecified atom stereocenters. The standard InChI is InChI=1S/C18H21FN2O2/c1-3-10-21(18(22)14-23-2)13-17-5-4-11-20(17)12-15-6-8-16(19)9-7-15/h3-9,11H,1,10,12-14H2,2H3. The van der Waals surface area contributed by atoms with Crippen LogP contribution in [0.2, 0.25) is 0 Å². The Kier molecular flexibility index (Phi) is 6.11. The molecule has 0 aliphatic carbocycles. The second-order valence-corrected chi connectivity index (χ2v) is 5.25. The van der Waals surface area contributed by atoms with Gasteiger partial charge in [-0.15, -0.1) is 6.58 Å². The number of carbonyl (C=O) groups excluding carboxylic acids is 1. The van der Waals surface area contributed by atoms with Crippen LogP contribution in [-0.4, -0.2) is 35.6 Å². The molecule has 2 aromatic rings. The molecule has 1 heterocycles. The van der Waals surface area contributed by atoms with Gasteiger partial charge in [-0.1, -0.05) is 18.2 Å². The second kappa shape index (κ2) is 8.29. The number of aromatic nitrogens is 1. The summed E-state index contributed by atoms with van der Waals surface area (Å²) < 4.78 is 20.0. The largest absolute Gasteiger partial charge is 0.375 e. The van der Waals surface area contributed by atoms with Crippen molar-refractivity contribution in [3.63, 3.8) is 0 Å². The number of halogens is 1. The van der Waals surface area contributed by atoms with Crippen LogP contribution in [0.1, 0.15) is 11.3 Å². The molecule has 0 radical (unpaired) electrons. The van der Waals surface area contributed by atoms with Crippen molar-refractivity contribution in [3.8, 4) is 0 Å². The van der Waals surface area contributed by atoms with E-state index in [0.29, 0.717) is 19.6 Å². The van der Waals surface area contributed by atoms with Gasteiger partial charge in [-0.25, -0.2) is 4.39 Å². The summed E-state index contributed by atoms with van der Waals surface area (Å²) in [7, 11) is 1.50. The van der Waals surface area contributed by atoms with Crippen LogP contribution in [0.4, 0.5) is 4.39 Å². The minimum atomic E-state index is -0.246. The summed E-state index contributed by atoms with van der Waals surface area (Å²) in [6.07, 6.45) is 3.65. The maximum absolute atomic E-state index is 13.0. The highest BCUT2D eigenvalue weighted by Crippen LogP contribution is 2.11. The van der Waals surface area contributed by atoms with Gasteiger partial charge in [0.05, 0.1) is 6.54 Å². The average molecular weight is 316 g/mol. The third-order valence-electron chi connectivity index (χ3n) is 3.51. The SMILES string of the molecule is C=CCN(Cc1cccn1Cc1ccc(F)cc1)C(=O)COC. The Bertz CT molecular complexity index is 649. The molecule has 0 atom stereocenters. The zero-order valence-corrected chi connectivity index (χ0v) is 13.2. The number of benzene rings is 1. The number of rotatable bonds is 8. The molecule has 0 N–H and O–H groups in total. The van der Waals surface area contributed by atoms with Crippen molar-refractivity contribution in [3.05, 3.63) is 72.3 Å². The molecule has 0 saturated heterocycles. The number of ether oxygens (including phenoxy) is 1. The monoisotopic (exact) mass is 316 g/mol. The van der Waals surface area contributed by atoms with E-state index < -0.39 is 0 Å². The van der Waals surface area contributed by atoms with E-state index in [4.69, 9.17) is 4.74 Å². The van der Waals surface area contributed by atoms with E-state index in [0.717, 1.165) is 11.3 Å². The molecule has 1 amide bonds. The first-order valence-electron chi connectivity index (χ1n) is 7.40. The fraction of sp³-hybridized carbons (Fsp3) is 0.278. The molecule has 0 spiro atoms. The van der Waals surface area contributed by atoms with E-state index in [-0.39, 0.29) is 18.3 Å². The summed E-state index contributed by atoms with van der Waals surface area (Å²) in [5.41, 5.74) is 2.00. The zero-order chi connectivity index (χ0) is 16.7. The van der Waals surface area contributed by atoms with Crippen LogP contribution in [0.15, 0.2) is 55.3 Å². The van der Waals surface area contributed by atoms with Crippen LogP contribution in [0, 0.1) is 5.82 Å². The molecule has 4 nitrogen and oxygen atoms in total.